The Labute approximate surface area is 94.6 Å². The SMILES string of the molecule is CCCC(CC)CC(N)CCC(C)(C)F. The molecule has 2 N–H and O–H groups in total. The second-order valence-corrected chi connectivity index (χ2v) is 5.32. The first-order valence-corrected chi connectivity index (χ1v) is 6.33. The van der Waals surface area contributed by atoms with Crippen LogP contribution in [0.25, 0.3) is 0 Å². The van der Waals surface area contributed by atoms with E-state index in [4.69, 9.17) is 5.73 Å². The maximum atomic E-state index is 13.3. The van der Waals surface area contributed by atoms with Crippen molar-refractivity contribution < 1.29 is 4.39 Å². The van der Waals surface area contributed by atoms with Crippen LogP contribution >= 0.6 is 0 Å². The van der Waals surface area contributed by atoms with Crippen molar-refractivity contribution >= 4 is 0 Å². The first-order chi connectivity index (χ1) is 6.89. The van der Waals surface area contributed by atoms with Gasteiger partial charge in [0.2, 0.25) is 0 Å². The highest BCUT2D eigenvalue weighted by molar-refractivity contribution is 4.73. The fraction of sp³-hybridized carbons (Fsp3) is 1.00. The lowest BCUT2D eigenvalue weighted by Gasteiger charge is -2.21. The maximum Gasteiger partial charge on any atom is 0.105 e. The van der Waals surface area contributed by atoms with Gasteiger partial charge in [-0.3, -0.25) is 0 Å². The van der Waals surface area contributed by atoms with E-state index < -0.39 is 5.67 Å². The van der Waals surface area contributed by atoms with Crippen molar-refractivity contribution in [2.75, 3.05) is 0 Å². The summed E-state index contributed by atoms with van der Waals surface area (Å²) in [7, 11) is 0. The van der Waals surface area contributed by atoms with Gasteiger partial charge in [-0.15, -0.1) is 0 Å². The van der Waals surface area contributed by atoms with Crippen molar-refractivity contribution in [3.05, 3.63) is 0 Å². The van der Waals surface area contributed by atoms with E-state index in [9.17, 15) is 4.39 Å². The summed E-state index contributed by atoms with van der Waals surface area (Å²) in [4.78, 5) is 0. The predicted octanol–water partition coefficient (Wildman–Crippen LogP) is 4.06. The molecule has 0 saturated carbocycles. The molecule has 2 heteroatoms. The van der Waals surface area contributed by atoms with Gasteiger partial charge < -0.3 is 5.73 Å². The Hall–Kier alpha value is -0.110. The Bertz CT molecular complexity index is 151. The Morgan fingerprint density at radius 2 is 1.80 bits per heavy atom. The number of nitrogens with two attached hydrogens (primary N) is 1. The molecule has 15 heavy (non-hydrogen) atoms. The smallest absolute Gasteiger partial charge is 0.105 e. The molecule has 0 saturated heterocycles. The maximum absolute atomic E-state index is 13.3. The molecular formula is C13H28FN. The molecule has 0 fully saturated rings. The molecule has 0 aliphatic rings. The molecule has 2 atom stereocenters. The molecule has 0 aliphatic heterocycles. The highest BCUT2D eigenvalue weighted by atomic mass is 19.1. The molecule has 0 radical (unpaired) electrons. The molecule has 0 aromatic carbocycles. The predicted molar refractivity (Wildman–Crippen MR) is 65.7 cm³/mol. The van der Waals surface area contributed by atoms with Gasteiger partial charge in [-0.05, 0) is 39.0 Å². The zero-order valence-electron chi connectivity index (χ0n) is 10.9. The van der Waals surface area contributed by atoms with Crippen LogP contribution in [-0.4, -0.2) is 11.7 Å². The van der Waals surface area contributed by atoms with E-state index in [2.05, 4.69) is 13.8 Å². The lowest BCUT2D eigenvalue weighted by atomic mass is 9.90. The van der Waals surface area contributed by atoms with E-state index in [-0.39, 0.29) is 6.04 Å². The zero-order chi connectivity index (χ0) is 11.9. The van der Waals surface area contributed by atoms with E-state index >= 15 is 0 Å². The molecule has 0 aliphatic carbocycles. The number of hydrogen-bond acceptors (Lipinski definition) is 1. The summed E-state index contributed by atoms with van der Waals surface area (Å²) in [5.41, 5.74) is 4.96. The summed E-state index contributed by atoms with van der Waals surface area (Å²) in [6.45, 7) is 7.68. The highest BCUT2D eigenvalue weighted by Crippen LogP contribution is 2.22. The van der Waals surface area contributed by atoms with Gasteiger partial charge in [-0.2, -0.15) is 0 Å². The molecule has 0 bridgehead atoms. The van der Waals surface area contributed by atoms with Crippen LogP contribution in [0.15, 0.2) is 0 Å². The second kappa shape index (κ2) is 7.21. The van der Waals surface area contributed by atoms with Gasteiger partial charge in [0.05, 0.1) is 0 Å². The Balaban J connectivity index is 3.75. The quantitative estimate of drug-likeness (QED) is 0.652. The van der Waals surface area contributed by atoms with Crippen LogP contribution in [0.2, 0.25) is 0 Å². The van der Waals surface area contributed by atoms with Crippen LogP contribution < -0.4 is 5.73 Å². The summed E-state index contributed by atoms with van der Waals surface area (Å²) in [5.74, 6) is 0.729. The summed E-state index contributed by atoms with van der Waals surface area (Å²) in [5, 5.41) is 0. The molecule has 0 aromatic rings. The van der Waals surface area contributed by atoms with Gasteiger partial charge in [-0.25, -0.2) is 4.39 Å². The molecule has 0 aromatic heterocycles. The number of hydrogen-bond donors (Lipinski definition) is 1. The Morgan fingerprint density at radius 3 is 2.20 bits per heavy atom. The van der Waals surface area contributed by atoms with E-state index in [1.165, 1.54) is 19.3 Å². The number of alkyl halides is 1. The lowest BCUT2D eigenvalue weighted by Crippen LogP contribution is -2.26. The van der Waals surface area contributed by atoms with E-state index in [0.717, 1.165) is 18.8 Å². The van der Waals surface area contributed by atoms with Crippen molar-refractivity contribution in [3.8, 4) is 0 Å². The average molecular weight is 217 g/mol. The zero-order valence-corrected chi connectivity index (χ0v) is 10.9. The average Bonchev–Trinajstić information content (AvgIpc) is 2.13. The van der Waals surface area contributed by atoms with Crippen LogP contribution in [0.1, 0.15) is 66.2 Å². The minimum atomic E-state index is -1.07. The first-order valence-electron chi connectivity index (χ1n) is 6.33. The van der Waals surface area contributed by atoms with E-state index in [1.54, 1.807) is 13.8 Å². The van der Waals surface area contributed by atoms with Gasteiger partial charge in [0.1, 0.15) is 5.67 Å². The van der Waals surface area contributed by atoms with Gasteiger partial charge in [0.25, 0.3) is 0 Å². The highest BCUT2D eigenvalue weighted by Gasteiger charge is 2.18. The Kier molecular flexibility index (Phi) is 7.16. The van der Waals surface area contributed by atoms with Crippen LogP contribution in [0, 0.1) is 5.92 Å². The third kappa shape index (κ3) is 8.86. The van der Waals surface area contributed by atoms with Gasteiger partial charge in [0.15, 0.2) is 0 Å². The third-order valence-electron chi connectivity index (χ3n) is 3.02. The fourth-order valence-corrected chi connectivity index (χ4v) is 1.97. The number of halogens is 1. The summed E-state index contributed by atoms with van der Waals surface area (Å²) >= 11 is 0. The second-order valence-electron chi connectivity index (χ2n) is 5.32. The minimum absolute atomic E-state index is 0.177. The standard InChI is InChI=1S/C13H28FN/c1-5-7-11(6-2)10-12(15)8-9-13(3,4)14/h11-12H,5-10,15H2,1-4H3. The summed E-state index contributed by atoms with van der Waals surface area (Å²) in [6.07, 6.45) is 6.12. The third-order valence-corrected chi connectivity index (χ3v) is 3.02. The molecule has 2 unspecified atom stereocenters. The summed E-state index contributed by atoms with van der Waals surface area (Å²) < 4.78 is 13.3. The lowest BCUT2D eigenvalue weighted by molar-refractivity contribution is 0.189. The monoisotopic (exact) mass is 217 g/mol. The molecule has 92 valence electrons. The first kappa shape index (κ1) is 14.9. The Morgan fingerprint density at radius 1 is 1.20 bits per heavy atom. The molecule has 0 rings (SSSR count). The van der Waals surface area contributed by atoms with Crippen molar-refractivity contribution in [1.29, 1.82) is 0 Å². The van der Waals surface area contributed by atoms with Crippen LogP contribution in [-0.2, 0) is 0 Å². The molecule has 0 amide bonds. The van der Waals surface area contributed by atoms with Gasteiger partial charge in [0, 0.05) is 6.04 Å². The molecular weight excluding hydrogens is 189 g/mol. The molecule has 1 nitrogen and oxygen atoms in total. The van der Waals surface area contributed by atoms with Gasteiger partial charge in [-0.1, -0.05) is 33.1 Å². The summed E-state index contributed by atoms with van der Waals surface area (Å²) in [6, 6.07) is 0.177. The fourth-order valence-electron chi connectivity index (χ4n) is 1.97. The van der Waals surface area contributed by atoms with Gasteiger partial charge >= 0.3 is 0 Å². The molecule has 0 heterocycles. The van der Waals surface area contributed by atoms with Crippen molar-refractivity contribution in [2.45, 2.75) is 77.9 Å². The van der Waals surface area contributed by atoms with E-state index in [1.807, 2.05) is 0 Å². The van der Waals surface area contributed by atoms with Crippen LogP contribution in [0.5, 0.6) is 0 Å². The van der Waals surface area contributed by atoms with E-state index in [0.29, 0.717) is 6.42 Å². The van der Waals surface area contributed by atoms with Crippen molar-refractivity contribution in [2.24, 2.45) is 11.7 Å². The van der Waals surface area contributed by atoms with Crippen molar-refractivity contribution in [3.63, 3.8) is 0 Å². The molecule has 0 spiro atoms. The minimum Gasteiger partial charge on any atom is -0.328 e. The van der Waals surface area contributed by atoms with Crippen LogP contribution in [0.3, 0.4) is 0 Å². The van der Waals surface area contributed by atoms with Crippen molar-refractivity contribution in [1.82, 2.24) is 0 Å². The van der Waals surface area contributed by atoms with Crippen LogP contribution in [0.4, 0.5) is 4.39 Å². The largest absolute Gasteiger partial charge is 0.328 e. The topological polar surface area (TPSA) is 26.0 Å². The normalized spacial score (nSPS) is 16.4. The number of rotatable bonds is 8.